The molecule has 4 nitrogen and oxygen atoms in total. The summed E-state index contributed by atoms with van der Waals surface area (Å²) in [5.74, 6) is -0.992. The van der Waals surface area contributed by atoms with Crippen LogP contribution in [0.5, 0.6) is 0 Å². The lowest BCUT2D eigenvalue weighted by Crippen LogP contribution is -2.14. The van der Waals surface area contributed by atoms with E-state index in [1.54, 1.807) is 42.5 Å². The zero-order valence-electron chi connectivity index (χ0n) is 12.1. The molecule has 2 rings (SSSR count). The van der Waals surface area contributed by atoms with E-state index in [4.69, 9.17) is 28.5 Å². The Morgan fingerprint density at radius 1 is 1.17 bits per heavy atom. The minimum absolute atomic E-state index is 0.327. The summed E-state index contributed by atoms with van der Waals surface area (Å²) in [6.07, 6.45) is 0. The summed E-state index contributed by atoms with van der Waals surface area (Å²) < 4.78 is 0. The van der Waals surface area contributed by atoms with Gasteiger partial charge in [-0.1, -0.05) is 47.5 Å². The molecule has 0 unspecified atom stereocenters. The Hall–Kier alpha value is -2.48. The molecule has 2 N–H and O–H groups in total. The number of benzene rings is 2. The highest BCUT2D eigenvalue weighted by Gasteiger charge is 2.13. The molecule has 0 aliphatic heterocycles. The monoisotopic (exact) mass is 346 g/mol. The van der Waals surface area contributed by atoms with Gasteiger partial charge in [0.25, 0.3) is 5.91 Å². The molecule has 0 aromatic heterocycles. The second-order valence-corrected chi connectivity index (χ2v) is 5.49. The summed E-state index contributed by atoms with van der Waals surface area (Å²) in [6, 6.07) is 13.9. The number of hydrogen-bond donors (Lipinski definition) is 2. The molecule has 0 aliphatic carbocycles. The molecule has 0 bridgehead atoms. The first-order chi connectivity index (χ1) is 10.9. The van der Waals surface area contributed by atoms with Crippen molar-refractivity contribution in [1.29, 1.82) is 5.26 Å². The SMILES string of the molecule is C/C(O)=C(\C#N)C(=O)Nc1ccc(-c2cccc(Cl)c2Cl)cc1. The third-order valence-electron chi connectivity index (χ3n) is 3.11. The van der Waals surface area contributed by atoms with Crippen LogP contribution in [0.25, 0.3) is 11.1 Å². The van der Waals surface area contributed by atoms with Gasteiger partial charge in [0.1, 0.15) is 11.8 Å². The smallest absolute Gasteiger partial charge is 0.269 e. The molecular weight excluding hydrogens is 335 g/mol. The number of aliphatic hydroxyl groups excluding tert-OH is 1. The number of rotatable bonds is 3. The molecule has 2 aromatic rings. The lowest BCUT2D eigenvalue weighted by atomic mass is 10.1. The topological polar surface area (TPSA) is 73.1 Å². The predicted molar refractivity (Wildman–Crippen MR) is 91.5 cm³/mol. The van der Waals surface area contributed by atoms with Gasteiger partial charge in [-0.25, -0.2) is 0 Å². The maximum Gasteiger partial charge on any atom is 0.269 e. The summed E-state index contributed by atoms with van der Waals surface area (Å²) in [7, 11) is 0. The zero-order chi connectivity index (χ0) is 17.0. The fraction of sp³-hybridized carbons (Fsp3) is 0.0588. The summed E-state index contributed by atoms with van der Waals surface area (Å²) in [5, 5.41) is 21.6. The maximum atomic E-state index is 11.8. The van der Waals surface area contributed by atoms with Gasteiger partial charge < -0.3 is 10.4 Å². The number of carbonyl (C=O) groups is 1. The summed E-state index contributed by atoms with van der Waals surface area (Å²) in [4.78, 5) is 11.8. The van der Waals surface area contributed by atoms with Crippen LogP contribution in [-0.4, -0.2) is 11.0 Å². The summed E-state index contributed by atoms with van der Waals surface area (Å²) >= 11 is 12.2. The lowest BCUT2D eigenvalue weighted by molar-refractivity contribution is -0.112. The van der Waals surface area contributed by atoms with Gasteiger partial charge in [0.15, 0.2) is 5.57 Å². The largest absolute Gasteiger partial charge is 0.511 e. The number of nitrogens with zero attached hydrogens (tertiary/aromatic N) is 1. The van der Waals surface area contributed by atoms with Crippen molar-refractivity contribution in [3.05, 3.63) is 63.8 Å². The highest BCUT2D eigenvalue weighted by molar-refractivity contribution is 6.43. The Labute approximate surface area is 143 Å². The minimum Gasteiger partial charge on any atom is -0.511 e. The number of hydrogen-bond acceptors (Lipinski definition) is 3. The molecule has 0 heterocycles. The van der Waals surface area contributed by atoms with E-state index < -0.39 is 5.91 Å². The van der Waals surface area contributed by atoms with Gasteiger partial charge in [-0.3, -0.25) is 4.79 Å². The van der Waals surface area contributed by atoms with Crippen LogP contribution < -0.4 is 5.32 Å². The molecule has 6 heteroatoms. The van der Waals surface area contributed by atoms with Crippen LogP contribution >= 0.6 is 23.2 Å². The molecular formula is C17H12Cl2N2O2. The fourth-order valence-corrected chi connectivity index (χ4v) is 2.36. The molecule has 0 aliphatic rings. The Kier molecular flexibility index (Phi) is 5.28. The molecule has 0 saturated carbocycles. The van der Waals surface area contributed by atoms with E-state index in [1.807, 2.05) is 6.07 Å². The number of halogens is 2. The number of nitrogens with one attached hydrogen (secondary N) is 1. The number of carbonyl (C=O) groups excluding carboxylic acids is 1. The second kappa shape index (κ2) is 7.19. The summed E-state index contributed by atoms with van der Waals surface area (Å²) in [5.41, 5.74) is 1.78. The van der Waals surface area contributed by atoms with Crippen molar-refractivity contribution in [3.8, 4) is 17.2 Å². The first kappa shape index (κ1) is 16.9. The van der Waals surface area contributed by atoms with E-state index in [0.29, 0.717) is 15.7 Å². The second-order valence-electron chi connectivity index (χ2n) is 4.71. The normalized spacial score (nSPS) is 11.4. The van der Waals surface area contributed by atoms with Gasteiger partial charge in [0.2, 0.25) is 0 Å². The summed E-state index contributed by atoms with van der Waals surface area (Å²) in [6.45, 7) is 1.28. The maximum absolute atomic E-state index is 11.8. The standard InChI is InChI=1S/C17H12Cl2N2O2/c1-10(22)14(9-20)17(23)21-12-7-5-11(6-8-12)13-3-2-4-15(18)16(13)19/h2-8,22H,1H3,(H,21,23)/b14-10-. The van der Waals surface area contributed by atoms with Crippen molar-refractivity contribution in [1.82, 2.24) is 0 Å². The Balaban J connectivity index is 2.24. The molecule has 2 aromatic carbocycles. The number of nitriles is 1. The first-order valence-corrected chi connectivity index (χ1v) is 7.35. The van der Waals surface area contributed by atoms with Crippen molar-refractivity contribution in [2.45, 2.75) is 6.92 Å². The van der Waals surface area contributed by atoms with Crippen LogP contribution in [0.3, 0.4) is 0 Å². The minimum atomic E-state index is -0.666. The van der Waals surface area contributed by atoms with Gasteiger partial charge in [-0.15, -0.1) is 0 Å². The molecule has 1 amide bonds. The van der Waals surface area contributed by atoms with Crippen LogP contribution in [0.15, 0.2) is 53.8 Å². The number of amides is 1. The van der Waals surface area contributed by atoms with Crippen LogP contribution in [0.1, 0.15) is 6.92 Å². The van der Waals surface area contributed by atoms with Gasteiger partial charge in [0, 0.05) is 11.3 Å². The van der Waals surface area contributed by atoms with Crippen LogP contribution in [0.4, 0.5) is 5.69 Å². The molecule has 23 heavy (non-hydrogen) atoms. The van der Waals surface area contributed by atoms with E-state index in [0.717, 1.165) is 11.1 Å². The van der Waals surface area contributed by atoms with Crippen molar-refractivity contribution < 1.29 is 9.90 Å². The van der Waals surface area contributed by atoms with E-state index in [9.17, 15) is 9.90 Å². The van der Waals surface area contributed by atoms with Crippen LogP contribution in [0.2, 0.25) is 10.0 Å². The van der Waals surface area contributed by atoms with E-state index in [1.165, 1.54) is 6.92 Å². The fourth-order valence-electron chi connectivity index (χ4n) is 1.95. The quantitative estimate of drug-likeness (QED) is 0.468. The Morgan fingerprint density at radius 2 is 1.83 bits per heavy atom. The highest BCUT2D eigenvalue weighted by atomic mass is 35.5. The first-order valence-electron chi connectivity index (χ1n) is 6.59. The van der Waals surface area contributed by atoms with Crippen molar-refractivity contribution in [2.24, 2.45) is 0 Å². The molecule has 116 valence electrons. The van der Waals surface area contributed by atoms with Crippen molar-refractivity contribution >= 4 is 34.8 Å². The van der Waals surface area contributed by atoms with E-state index in [-0.39, 0.29) is 11.3 Å². The molecule has 0 atom stereocenters. The Bertz CT molecular complexity index is 817. The lowest BCUT2D eigenvalue weighted by Gasteiger charge is -2.08. The Morgan fingerprint density at radius 3 is 2.39 bits per heavy atom. The van der Waals surface area contributed by atoms with Gasteiger partial charge in [-0.05, 0) is 30.7 Å². The number of aliphatic hydroxyl groups is 1. The molecule has 0 saturated heterocycles. The van der Waals surface area contributed by atoms with E-state index >= 15 is 0 Å². The molecule has 0 spiro atoms. The molecule has 0 fully saturated rings. The van der Waals surface area contributed by atoms with Gasteiger partial charge in [-0.2, -0.15) is 5.26 Å². The van der Waals surface area contributed by atoms with Crippen molar-refractivity contribution in [3.63, 3.8) is 0 Å². The average Bonchev–Trinajstić information content (AvgIpc) is 2.51. The van der Waals surface area contributed by atoms with Crippen LogP contribution in [0, 0.1) is 11.3 Å². The third kappa shape index (κ3) is 3.84. The highest BCUT2D eigenvalue weighted by Crippen LogP contribution is 2.33. The van der Waals surface area contributed by atoms with Gasteiger partial charge in [0.05, 0.1) is 10.0 Å². The third-order valence-corrected chi connectivity index (χ3v) is 3.92. The van der Waals surface area contributed by atoms with Crippen molar-refractivity contribution in [2.75, 3.05) is 5.32 Å². The molecule has 0 radical (unpaired) electrons. The van der Waals surface area contributed by atoms with Crippen LogP contribution in [-0.2, 0) is 4.79 Å². The van der Waals surface area contributed by atoms with Gasteiger partial charge >= 0.3 is 0 Å². The average molecular weight is 347 g/mol. The van der Waals surface area contributed by atoms with E-state index in [2.05, 4.69) is 5.32 Å². The number of anilines is 1. The predicted octanol–water partition coefficient (Wildman–Crippen LogP) is 4.95. The number of allylic oxidation sites excluding steroid dienone is 1. The zero-order valence-corrected chi connectivity index (χ0v) is 13.6.